The number of amides is 2. The molecule has 20 heavy (non-hydrogen) atoms. The van der Waals surface area contributed by atoms with E-state index in [0.717, 1.165) is 10.5 Å². The van der Waals surface area contributed by atoms with Gasteiger partial charge in [0, 0.05) is 16.7 Å². The number of aromatic amines is 1. The van der Waals surface area contributed by atoms with E-state index in [0.29, 0.717) is 11.3 Å². The summed E-state index contributed by atoms with van der Waals surface area (Å²) in [5.74, 6) is -0.722. The minimum atomic E-state index is -0.387. The number of hydrogen-bond acceptors (Lipinski definition) is 3. The molecule has 0 radical (unpaired) electrons. The number of hydrazine groups is 1. The lowest BCUT2D eigenvalue weighted by molar-refractivity contribution is 0.0844. The van der Waals surface area contributed by atoms with Gasteiger partial charge in [-0.3, -0.25) is 20.4 Å². The molecule has 0 spiro atoms. The van der Waals surface area contributed by atoms with Crippen LogP contribution >= 0.6 is 11.8 Å². The van der Waals surface area contributed by atoms with Gasteiger partial charge in [-0.1, -0.05) is 6.07 Å². The van der Waals surface area contributed by atoms with Gasteiger partial charge in [0.15, 0.2) is 0 Å². The van der Waals surface area contributed by atoms with E-state index in [9.17, 15) is 9.59 Å². The molecule has 0 unspecified atom stereocenters. The first-order valence-electron chi connectivity index (χ1n) is 6.00. The summed E-state index contributed by atoms with van der Waals surface area (Å²) < 4.78 is 0. The Bertz CT molecular complexity index is 623. The summed E-state index contributed by atoms with van der Waals surface area (Å²) in [5, 5.41) is 0. The van der Waals surface area contributed by atoms with Crippen LogP contribution in [0.2, 0.25) is 0 Å². The number of benzene rings is 1. The number of thioether (sulfide) groups is 1. The van der Waals surface area contributed by atoms with Crippen LogP contribution in [-0.4, -0.2) is 23.1 Å². The summed E-state index contributed by atoms with van der Waals surface area (Å²) in [4.78, 5) is 27.5. The van der Waals surface area contributed by atoms with Crippen molar-refractivity contribution in [2.75, 3.05) is 6.26 Å². The van der Waals surface area contributed by atoms with Crippen molar-refractivity contribution in [2.24, 2.45) is 0 Å². The molecular weight excluding hydrogens is 274 g/mol. The van der Waals surface area contributed by atoms with Crippen LogP contribution in [0.25, 0.3) is 0 Å². The van der Waals surface area contributed by atoms with Gasteiger partial charge in [0.25, 0.3) is 11.8 Å². The Morgan fingerprint density at radius 1 is 1.15 bits per heavy atom. The third-order valence-corrected chi connectivity index (χ3v) is 3.55. The van der Waals surface area contributed by atoms with E-state index in [2.05, 4.69) is 15.8 Å². The molecule has 6 heteroatoms. The predicted molar refractivity (Wildman–Crippen MR) is 78.7 cm³/mol. The molecule has 0 aliphatic heterocycles. The highest BCUT2D eigenvalue weighted by Gasteiger charge is 2.12. The lowest BCUT2D eigenvalue weighted by Crippen LogP contribution is -2.42. The zero-order valence-corrected chi connectivity index (χ0v) is 12.0. The number of hydrogen-bond donors (Lipinski definition) is 3. The topological polar surface area (TPSA) is 74.0 Å². The highest BCUT2D eigenvalue weighted by molar-refractivity contribution is 7.98. The van der Waals surface area contributed by atoms with Crippen molar-refractivity contribution >= 4 is 23.6 Å². The molecule has 0 atom stereocenters. The van der Waals surface area contributed by atoms with Crippen LogP contribution in [0.4, 0.5) is 0 Å². The minimum absolute atomic E-state index is 0.335. The Kier molecular flexibility index (Phi) is 4.47. The van der Waals surface area contributed by atoms with E-state index in [1.54, 1.807) is 36.2 Å². The number of carbonyl (C=O) groups excluding carboxylic acids is 2. The van der Waals surface area contributed by atoms with Gasteiger partial charge in [-0.25, -0.2) is 0 Å². The maximum Gasteiger partial charge on any atom is 0.286 e. The standard InChI is InChI=1S/C14H15N3O2S/c1-9-5-6-10(20-2)8-11(9)13(18)16-17-14(19)12-4-3-7-15-12/h3-8,15H,1-2H3,(H,16,18)(H,17,19). The van der Waals surface area contributed by atoms with Gasteiger partial charge in [-0.2, -0.15) is 0 Å². The molecular formula is C14H15N3O2S. The molecule has 5 nitrogen and oxygen atoms in total. The number of aromatic nitrogens is 1. The number of nitrogens with one attached hydrogen (secondary N) is 3. The quantitative estimate of drug-likeness (QED) is 0.598. The fourth-order valence-electron chi connectivity index (χ4n) is 1.69. The van der Waals surface area contributed by atoms with Gasteiger partial charge in [0.05, 0.1) is 0 Å². The molecule has 104 valence electrons. The smallest absolute Gasteiger partial charge is 0.286 e. The molecule has 0 fully saturated rings. The van der Waals surface area contributed by atoms with Gasteiger partial charge in [-0.15, -0.1) is 11.8 Å². The van der Waals surface area contributed by atoms with Crippen molar-refractivity contribution in [3.05, 3.63) is 53.3 Å². The number of rotatable bonds is 3. The second-order valence-electron chi connectivity index (χ2n) is 4.17. The number of aryl methyl sites for hydroxylation is 1. The number of H-pyrrole nitrogens is 1. The maximum atomic E-state index is 12.1. The van der Waals surface area contributed by atoms with E-state index in [1.807, 2.05) is 25.3 Å². The fourth-order valence-corrected chi connectivity index (χ4v) is 2.13. The van der Waals surface area contributed by atoms with Crippen molar-refractivity contribution in [3.63, 3.8) is 0 Å². The molecule has 2 rings (SSSR count). The molecule has 2 aromatic rings. The SMILES string of the molecule is CSc1ccc(C)c(C(=O)NNC(=O)c2ccc[nH]2)c1. The van der Waals surface area contributed by atoms with Crippen molar-refractivity contribution in [3.8, 4) is 0 Å². The average molecular weight is 289 g/mol. The monoisotopic (exact) mass is 289 g/mol. The minimum Gasteiger partial charge on any atom is -0.357 e. The first-order chi connectivity index (χ1) is 9.61. The van der Waals surface area contributed by atoms with Crippen LogP contribution in [0.3, 0.4) is 0 Å². The summed E-state index contributed by atoms with van der Waals surface area (Å²) in [6.45, 7) is 1.85. The van der Waals surface area contributed by atoms with Crippen molar-refractivity contribution in [1.82, 2.24) is 15.8 Å². The van der Waals surface area contributed by atoms with E-state index in [-0.39, 0.29) is 11.8 Å². The van der Waals surface area contributed by atoms with Gasteiger partial charge in [0.2, 0.25) is 0 Å². The lowest BCUT2D eigenvalue weighted by atomic mass is 10.1. The van der Waals surface area contributed by atoms with Gasteiger partial charge >= 0.3 is 0 Å². The summed E-state index contributed by atoms with van der Waals surface area (Å²) in [7, 11) is 0. The van der Waals surface area contributed by atoms with Crippen LogP contribution < -0.4 is 10.9 Å². The van der Waals surface area contributed by atoms with E-state index >= 15 is 0 Å². The Hall–Kier alpha value is -2.21. The van der Waals surface area contributed by atoms with Crippen molar-refractivity contribution < 1.29 is 9.59 Å². The zero-order valence-electron chi connectivity index (χ0n) is 11.2. The van der Waals surface area contributed by atoms with Crippen molar-refractivity contribution in [1.29, 1.82) is 0 Å². The summed E-state index contributed by atoms with van der Waals surface area (Å²) in [5.41, 5.74) is 6.57. The zero-order chi connectivity index (χ0) is 14.5. The molecule has 0 bridgehead atoms. The van der Waals surface area contributed by atoms with E-state index < -0.39 is 0 Å². The van der Waals surface area contributed by atoms with Crippen LogP contribution in [0.5, 0.6) is 0 Å². The highest BCUT2D eigenvalue weighted by atomic mass is 32.2. The molecule has 1 aromatic carbocycles. The first kappa shape index (κ1) is 14.2. The summed E-state index contributed by atoms with van der Waals surface area (Å²) in [6.07, 6.45) is 3.59. The number of carbonyl (C=O) groups is 2. The Labute approximate surface area is 121 Å². The molecule has 2 amide bonds. The third-order valence-electron chi connectivity index (χ3n) is 2.82. The van der Waals surface area contributed by atoms with Crippen molar-refractivity contribution in [2.45, 2.75) is 11.8 Å². The van der Waals surface area contributed by atoms with Crippen LogP contribution in [0.15, 0.2) is 41.4 Å². The predicted octanol–water partition coefficient (Wildman–Crippen LogP) is 2.12. The molecule has 3 N–H and O–H groups in total. The second-order valence-corrected chi connectivity index (χ2v) is 5.05. The van der Waals surface area contributed by atoms with Gasteiger partial charge < -0.3 is 4.98 Å². The van der Waals surface area contributed by atoms with Gasteiger partial charge in [0.1, 0.15) is 5.69 Å². The van der Waals surface area contributed by atoms with E-state index in [1.165, 1.54) is 0 Å². The third kappa shape index (κ3) is 3.21. The van der Waals surface area contributed by atoms with Crippen LogP contribution in [0, 0.1) is 6.92 Å². The molecule has 0 aliphatic rings. The summed E-state index contributed by atoms with van der Waals surface area (Å²) in [6, 6.07) is 8.97. The Morgan fingerprint density at radius 3 is 2.55 bits per heavy atom. The van der Waals surface area contributed by atoms with E-state index in [4.69, 9.17) is 0 Å². The maximum absolute atomic E-state index is 12.1. The van der Waals surface area contributed by atoms with Gasteiger partial charge in [-0.05, 0) is 43.0 Å². The Morgan fingerprint density at radius 2 is 1.90 bits per heavy atom. The Balaban J connectivity index is 2.03. The van der Waals surface area contributed by atoms with Crippen LogP contribution in [-0.2, 0) is 0 Å². The average Bonchev–Trinajstić information content (AvgIpc) is 2.99. The highest BCUT2D eigenvalue weighted by Crippen LogP contribution is 2.18. The summed E-state index contributed by atoms with van der Waals surface area (Å²) >= 11 is 1.56. The largest absolute Gasteiger partial charge is 0.357 e. The molecule has 0 saturated carbocycles. The fraction of sp³-hybridized carbons (Fsp3) is 0.143. The second kappa shape index (κ2) is 6.29. The lowest BCUT2D eigenvalue weighted by Gasteiger charge is -2.09. The first-order valence-corrected chi connectivity index (χ1v) is 7.23. The normalized spacial score (nSPS) is 10.1. The molecule has 0 aliphatic carbocycles. The molecule has 1 aromatic heterocycles. The molecule has 0 saturated heterocycles. The molecule has 1 heterocycles. The van der Waals surface area contributed by atoms with Crippen LogP contribution in [0.1, 0.15) is 26.4 Å².